The summed E-state index contributed by atoms with van der Waals surface area (Å²) in [5.41, 5.74) is 6.09. The van der Waals surface area contributed by atoms with Gasteiger partial charge in [-0.2, -0.15) is 16.6 Å². The maximum absolute atomic E-state index is 13.1. The fraction of sp³-hybridized carbons (Fsp3) is 0.407. The molecule has 0 bridgehead atoms. The van der Waals surface area contributed by atoms with E-state index in [0.717, 1.165) is 78.0 Å². The number of fused-ring (bicyclic) bond motifs is 2. The lowest BCUT2D eigenvalue weighted by atomic mass is 9.93. The fourth-order valence-corrected chi connectivity index (χ4v) is 7.72. The highest BCUT2D eigenvalue weighted by atomic mass is 32.2. The van der Waals surface area contributed by atoms with E-state index in [-0.39, 0.29) is 24.2 Å². The van der Waals surface area contributed by atoms with Gasteiger partial charge in [-0.05, 0) is 73.2 Å². The standard InChI is InChI=1S/C27H28N4O3S3/c1-3-34-27(33)24-17-6-4-5-7-21(17)37-26(24)30-22(32)15-36-25-18(12-28)23(16-9-11-35-14-16)19-13-31(2)10-8-20(19)29-25/h9,11,14H,3-8,10,13,15H2,1-2H3,(H,30,32). The number of nitrogens with one attached hydrogen (secondary N) is 1. The van der Waals surface area contributed by atoms with Crippen LogP contribution in [0, 0.1) is 11.3 Å². The Labute approximate surface area is 228 Å². The topological polar surface area (TPSA) is 95.3 Å². The monoisotopic (exact) mass is 552 g/mol. The predicted octanol–water partition coefficient (Wildman–Crippen LogP) is 5.52. The van der Waals surface area contributed by atoms with Crippen LogP contribution in [0.5, 0.6) is 0 Å². The summed E-state index contributed by atoms with van der Waals surface area (Å²) in [5.74, 6) is -0.512. The molecule has 4 heterocycles. The van der Waals surface area contributed by atoms with Crippen molar-refractivity contribution in [3.05, 3.63) is 49.7 Å². The van der Waals surface area contributed by atoms with Gasteiger partial charge in [-0.15, -0.1) is 11.3 Å². The number of hydrogen-bond acceptors (Lipinski definition) is 9. The first-order chi connectivity index (χ1) is 18.0. The molecule has 0 saturated heterocycles. The minimum Gasteiger partial charge on any atom is -0.462 e. The van der Waals surface area contributed by atoms with Crippen LogP contribution in [0.4, 0.5) is 5.00 Å². The van der Waals surface area contributed by atoms with Crippen molar-refractivity contribution in [2.75, 3.05) is 31.3 Å². The predicted molar refractivity (Wildman–Crippen MR) is 149 cm³/mol. The number of carbonyl (C=O) groups excluding carboxylic acids is 2. The number of amides is 1. The number of hydrogen-bond donors (Lipinski definition) is 1. The molecule has 7 nitrogen and oxygen atoms in total. The van der Waals surface area contributed by atoms with E-state index in [9.17, 15) is 14.9 Å². The number of nitrogens with zero attached hydrogens (tertiary/aromatic N) is 3. The van der Waals surface area contributed by atoms with Gasteiger partial charge in [0.05, 0.1) is 23.5 Å². The lowest BCUT2D eigenvalue weighted by Crippen LogP contribution is -2.28. The Balaban J connectivity index is 1.41. The third kappa shape index (κ3) is 5.32. The summed E-state index contributed by atoms with van der Waals surface area (Å²) in [6.07, 6.45) is 4.67. The van der Waals surface area contributed by atoms with Gasteiger partial charge in [0.15, 0.2) is 0 Å². The molecule has 10 heteroatoms. The number of rotatable bonds is 7. The third-order valence-corrected chi connectivity index (χ3v) is 9.54. The van der Waals surface area contributed by atoms with Crippen molar-refractivity contribution in [2.45, 2.75) is 50.6 Å². The van der Waals surface area contributed by atoms with E-state index in [1.54, 1.807) is 18.3 Å². The van der Waals surface area contributed by atoms with E-state index in [1.807, 2.05) is 11.4 Å². The molecule has 0 spiro atoms. The van der Waals surface area contributed by atoms with Gasteiger partial charge < -0.3 is 15.0 Å². The van der Waals surface area contributed by atoms with Crippen LogP contribution in [0.1, 0.15) is 57.4 Å². The summed E-state index contributed by atoms with van der Waals surface area (Å²) < 4.78 is 5.31. The van der Waals surface area contributed by atoms with Crippen molar-refractivity contribution >= 4 is 51.3 Å². The van der Waals surface area contributed by atoms with Crippen molar-refractivity contribution < 1.29 is 14.3 Å². The SMILES string of the molecule is CCOC(=O)c1c(NC(=O)CSc2nc3c(c(-c4ccsc4)c2C#N)CN(C)CC3)sc2c1CCCC2. The summed E-state index contributed by atoms with van der Waals surface area (Å²) in [7, 11) is 2.08. The van der Waals surface area contributed by atoms with Crippen LogP contribution in [0.2, 0.25) is 0 Å². The first-order valence-corrected chi connectivity index (χ1v) is 15.2. The number of pyridine rings is 1. The maximum Gasteiger partial charge on any atom is 0.341 e. The largest absolute Gasteiger partial charge is 0.462 e. The number of thioether (sulfide) groups is 1. The number of carbonyl (C=O) groups is 2. The summed E-state index contributed by atoms with van der Waals surface area (Å²) in [6.45, 7) is 3.72. The smallest absolute Gasteiger partial charge is 0.341 e. The molecule has 0 saturated carbocycles. The minimum atomic E-state index is -0.377. The van der Waals surface area contributed by atoms with Gasteiger partial charge in [-0.25, -0.2) is 9.78 Å². The molecule has 1 aliphatic carbocycles. The number of aromatic nitrogens is 1. The Morgan fingerprint density at radius 2 is 2.11 bits per heavy atom. The third-order valence-electron chi connectivity index (χ3n) is 6.67. The Kier molecular flexibility index (Phi) is 7.95. The van der Waals surface area contributed by atoms with E-state index in [0.29, 0.717) is 21.2 Å². The Morgan fingerprint density at radius 1 is 1.27 bits per heavy atom. The first-order valence-electron chi connectivity index (χ1n) is 12.4. The van der Waals surface area contributed by atoms with E-state index in [1.165, 1.54) is 23.1 Å². The van der Waals surface area contributed by atoms with Crippen LogP contribution < -0.4 is 5.32 Å². The molecule has 3 aromatic heterocycles. The van der Waals surface area contributed by atoms with Crippen LogP contribution in [0.3, 0.4) is 0 Å². The molecule has 0 radical (unpaired) electrons. The molecule has 0 fully saturated rings. The van der Waals surface area contributed by atoms with E-state index >= 15 is 0 Å². The molecule has 1 N–H and O–H groups in total. The Morgan fingerprint density at radius 3 is 2.86 bits per heavy atom. The molecule has 2 aliphatic rings. The lowest BCUT2D eigenvalue weighted by Gasteiger charge is -2.27. The Hall–Kier alpha value is -2.71. The molecule has 3 aromatic rings. The van der Waals surface area contributed by atoms with Crippen LogP contribution in [0.15, 0.2) is 21.9 Å². The van der Waals surface area contributed by atoms with Crippen LogP contribution in [-0.2, 0) is 35.3 Å². The highest BCUT2D eigenvalue weighted by molar-refractivity contribution is 8.00. The number of aryl methyl sites for hydroxylation is 1. The van der Waals surface area contributed by atoms with Gasteiger partial charge in [-0.3, -0.25) is 4.79 Å². The fourth-order valence-electron chi connectivity index (χ4n) is 4.97. The van der Waals surface area contributed by atoms with E-state index < -0.39 is 0 Å². The summed E-state index contributed by atoms with van der Waals surface area (Å²) in [4.78, 5) is 34.1. The number of ether oxygens (including phenoxy) is 1. The number of nitriles is 1. The molecular weight excluding hydrogens is 525 g/mol. The number of likely N-dealkylation sites (N-methyl/N-ethyl adjacent to an activating group) is 1. The molecule has 5 rings (SSSR count). The second-order valence-corrected chi connectivity index (χ2v) is 12.0. The molecular formula is C27H28N4O3S3. The van der Waals surface area contributed by atoms with Crippen molar-refractivity contribution in [3.63, 3.8) is 0 Å². The van der Waals surface area contributed by atoms with Crippen LogP contribution >= 0.6 is 34.4 Å². The summed E-state index contributed by atoms with van der Waals surface area (Å²) in [6, 6.07) is 4.41. The van der Waals surface area contributed by atoms with Gasteiger partial charge >= 0.3 is 5.97 Å². The Bertz CT molecular complexity index is 1370. The highest BCUT2D eigenvalue weighted by Gasteiger charge is 2.28. The van der Waals surface area contributed by atoms with Crippen LogP contribution in [0.25, 0.3) is 11.1 Å². The zero-order valence-electron chi connectivity index (χ0n) is 20.9. The lowest BCUT2D eigenvalue weighted by molar-refractivity contribution is -0.113. The van der Waals surface area contributed by atoms with Crippen molar-refractivity contribution in [1.82, 2.24) is 9.88 Å². The molecule has 37 heavy (non-hydrogen) atoms. The molecule has 1 aliphatic heterocycles. The van der Waals surface area contributed by atoms with Gasteiger partial charge in [0.2, 0.25) is 5.91 Å². The first kappa shape index (κ1) is 25.9. The van der Waals surface area contributed by atoms with Gasteiger partial charge in [0.25, 0.3) is 0 Å². The van der Waals surface area contributed by atoms with Gasteiger partial charge in [0, 0.05) is 35.6 Å². The minimum absolute atomic E-state index is 0.0915. The normalized spacial score (nSPS) is 14.9. The zero-order chi connectivity index (χ0) is 25.9. The second kappa shape index (κ2) is 11.4. The molecule has 0 unspecified atom stereocenters. The quantitative estimate of drug-likeness (QED) is 0.305. The average Bonchev–Trinajstić information content (AvgIpc) is 3.54. The van der Waals surface area contributed by atoms with Crippen molar-refractivity contribution in [1.29, 1.82) is 5.26 Å². The number of thiophene rings is 2. The number of esters is 1. The summed E-state index contributed by atoms with van der Waals surface area (Å²) >= 11 is 4.35. The molecule has 0 aromatic carbocycles. The van der Waals surface area contributed by atoms with E-state index in [4.69, 9.17) is 9.72 Å². The zero-order valence-corrected chi connectivity index (χ0v) is 23.3. The van der Waals surface area contributed by atoms with Crippen LogP contribution in [-0.4, -0.2) is 47.7 Å². The molecule has 192 valence electrons. The molecule has 0 atom stereocenters. The molecule has 1 amide bonds. The van der Waals surface area contributed by atoms with Crippen molar-refractivity contribution in [2.24, 2.45) is 0 Å². The van der Waals surface area contributed by atoms with Crippen molar-refractivity contribution in [3.8, 4) is 17.2 Å². The number of anilines is 1. The second-order valence-electron chi connectivity index (χ2n) is 9.18. The maximum atomic E-state index is 13.1. The van der Waals surface area contributed by atoms with Gasteiger partial charge in [-0.1, -0.05) is 11.8 Å². The van der Waals surface area contributed by atoms with Gasteiger partial charge in [0.1, 0.15) is 16.1 Å². The highest BCUT2D eigenvalue weighted by Crippen LogP contribution is 2.40. The van der Waals surface area contributed by atoms with E-state index in [2.05, 4.69) is 28.7 Å². The summed E-state index contributed by atoms with van der Waals surface area (Å²) in [5, 5.41) is 18.3. The average molecular weight is 553 g/mol.